The first-order chi connectivity index (χ1) is 8.56. The lowest BCUT2D eigenvalue weighted by molar-refractivity contribution is -0.144. The van der Waals surface area contributed by atoms with Crippen LogP contribution in [0.25, 0.3) is 0 Å². The molecule has 0 fully saturated rings. The van der Waals surface area contributed by atoms with Gasteiger partial charge in [0.25, 0.3) is 0 Å². The van der Waals surface area contributed by atoms with Gasteiger partial charge in [-0.2, -0.15) is 0 Å². The van der Waals surface area contributed by atoms with Crippen molar-refractivity contribution in [3.63, 3.8) is 0 Å². The van der Waals surface area contributed by atoms with Crippen LogP contribution in [0.15, 0.2) is 24.3 Å². The number of rotatable bonds is 7. The van der Waals surface area contributed by atoms with E-state index in [2.05, 4.69) is 18.7 Å². The highest BCUT2D eigenvalue weighted by Crippen LogP contribution is 2.15. The molecule has 0 aromatic heterocycles. The van der Waals surface area contributed by atoms with Crippen molar-refractivity contribution in [1.29, 1.82) is 0 Å². The van der Waals surface area contributed by atoms with Crippen molar-refractivity contribution in [2.24, 2.45) is 0 Å². The van der Waals surface area contributed by atoms with Gasteiger partial charge in [-0.1, -0.05) is 26.0 Å². The summed E-state index contributed by atoms with van der Waals surface area (Å²) in [5, 5.41) is 8.75. The Balaban J connectivity index is 2.59. The molecular formula is C14H21NO3. The van der Waals surface area contributed by atoms with Gasteiger partial charge in [0.05, 0.1) is 0 Å². The average molecular weight is 251 g/mol. The molecule has 0 radical (unpaired) electrons. The minimum Gasteiger partial charge on any atom is -0.479 e. The van der Waals surface area contributed by atoms with Crippen LogP contribution in [0, 0.1) is 0 Å². The minimum atomic E-state index is -0.956. The van der Waals surface area contributed by atoms with E-state index in [1.807, 2.05) is 24.3 Å². The molecule has 0 aliphatic heterocycles. The van der Waals surface area contributed by atoms with Gasteiger partial charge in [-0.25, -0.2) is 4.79 Å². The summed E-state index contributed by atoms with van der Waals surface area (Å²) < 4.78 is 5.28. The second-order valence-corrected chi connectivity index (χ2v) is 4.20. The van der Waals surface area contributed by atoms with E-state index in [0.29, 0.717) is 5.75 Å². The Kier molecular flexibility index (Phi) is 5.65. The number of ether oxygens (including phenoxy) is 1. The quantitative estimate of drug-likeness (QED) is 0.808. The van der Waals surface area contributed by atoms with Gasteiger partial charge in [0.1, 0.15) is 5.75 Å². The first kappa shape index (κ1) is 14.5. The molecule has 0 saturated heterocycles. The van der Waals surface area contributed by atoms with Crippen LogP contribution in [0.5, 0.6) is 5.75 Å². The number of carboxylic acid groups (broad SMARTS) is 1. The molecule has 1 atom stereocenters. The van der Waals surface area contributed by atoms with Crippen molar-refractivity contribution in [1.82, 2.24) is 4.90 Å². The molecule has 18 heavy (non-hydrogen) atoms. The number of carboxylic acids is 1. The van der Waals surface area contributed by atoms with Crippen molar-refractivity contribution in [3.8, 4) is 5.75 Å². The molecule has 0 saturated carbocycles. The zero-order valence-electron chi connectivity index (χ0n) is 11.2. The lowest BCUT2D eigenvalue weighted by Gasteiger charge is -2.18. The van der Waals surface area contributed by atoms with E-state index >= 15 is 0 Å². The molecule has 0 aliphatic carbocycles. The van der Waals surface area contributed by atoms with Crippen molar-refractivity contribution in [2.45, 2.75) is 33.4 Å². The van der Waals surface area contributed by atoms with Gasteiger partial charge in [-0.15, -0.1) is 0 Å². The number of aliphatic carboxylic acids is 1. The fourth-order valence-corrected chi connectivity index (χ4v) is 1.63. The maximum Gasteiger partial charge on any atom is 0.344 e. The van der Waals surface area contributed by atoms with E-state index in [-0.39, 0.29) is 0 Å². The molecule has 0 heterocycles. The van der Waals surface area contributed by atoms with Crippen LogP contribution in [-0.4, -0.2) is 35.2 Å². The highest BCUT2D eigenvalue weighted by molar-refractivity contribution is 5.72. The summed E-state index contributed by atoms with van der Waals surface area (Å²) in [5.74, 6) is -0.365. The summed E-state index contributed by atoms with van der Waals surface area (Å²) in [6.07, 6.45) is -0.821. The molecule has 0 spiro atoms. The fraction of sp³-hybridized carbons (Fsp3) is 0.500. The van der Waals surface area contributed by atoms with Crippen molar-refractivity contribution < 1.29 is 14.6 Å². The third-order valence-corrected chi connectivity index (χ3v) is 2.88. The van der Waals surface area contributed by atoms with Crippen LogP contribution in [0.1, 0.15) is 26.3 Å². The van der Waals surface area contributed by atoms with Crippen LogP contribution in [-0.2, 0) is 11.3 Å². The van der Waals surface area contributed by atoms with E-state index in [0.717, 1.165) is 19.6 Å². The molecule has 4 nitrogen and oxygen atoms in total. The second-order valence-electron chi connectivity index (χ2n) is 4.20. The van der Waals surface area contributed by atoms with Gasteiger partial charge < -0.3 is 9.84 Å². The summed E-state index contributed by atoms with van der Waals surface area (Å²) in [6.45, 7) is 8.73. The monoisotopic (exact) mass is 251 g/mol. The van der Waals surface area contributed by atoms with Crippen LogP contribution >= 0.6 is 0 Å². The molecule has 1 unspecified atom stereocenters. The molecule has 1 aromatic carbocycles. The Bertz CT molecular complexity index is 371. The Morgan fingerprint density at radius 2 is 1.83 bits per heavy atom. The molecule has 1 N–H and O–H groups in total. The number of nitrogens with zero attached hydrogens (tertiary/aromatic N) is 1. The molecule has 0 aliphatic rings. The van der Waals surface area contributed by atoms with Gasteiger partial charge in [-0.3, -0.25) is 4.90 Å². The van der Waals surface area contributed by atoms with Crippen molar-refractivity contribution >= 4 is 5.97 Å². The average Bonchev–Trinajstić information content (AvgIpc) is 2.37. The summed E-state index contributed by atoms with van der Waals surface area (Å²) in [5.41, 5.74) is 1.20. The topological polar surface area (TPSA) is 49.8 Å². The standard InChI is InChI=1S/C14H21NO3/c1-4-15(5-2)10-12-6-8-13(9-7-12)18-11(3)14(16)17/h6-9,11H,4-5,10H2,1-3H3,(H,16,17). The van der Waals surface area contributed by atoms with Gasteiger partial charge in [0.2, 0.25) is 0 Å². The molecule has 1 rings (SSSR count). The van der Waals surface area contributed by atoms with Crippen molar-refractivity contribution in [2.75, 3.05) is 13.1 Å². The first-order valence-corrected chi connectivity index (χ1v) is 6.27. The van der Waals surface area contributed by atoms with E-state index in [4.69, 9.17) is 9.84 Å². The van der Waals surface area contributed by atoms with Gasteiger partial charge in [0.15, 0.2) is 6.10 Å². The highest BCUT2D eigenvalue weighted by Gasteiger charge is 2.12. The van der Waals surface area contributed by atoms with Crippen molar-refractivity contribution in [3.05, 3.63) is 29.8 Å². The van der Waals surface area contributed by atoms with Crippen LogP contribution in [0.4, 0.5) is 0 Å². The van der Waals surface area contributed by atoms with Gasteiger partial charge >= 0.3 is 5.97 Å². The second kappa shape index (κ2) is 7.01. The fourth-order valence-electron chi connectivity index (χ4n) is 1.63. The van der Waals surface area contributed by atoms with E-state index < -0.39 is 12.1 Å². The number of hydrogen-bond acceptors (Lipinski definition) is 3. The molecule has 0 bridgehead atoms. The SMILES string of the molecule is CCN(CC)Cc1ccc(OC(C)C(=O)O)cc1. The Morgan fingerprint density at radius 3 is 2.28 bits per heavy atom. The van der Waals surface area contributed by atoms with Crippen LogP contribution in [0.3, 0.4) is 0 Å². The largest absolute Gasteiger partial charge is 0.479 e. The third-order valence-electron chi connectivity index (χ3n) is 2.88. The zero-order chi connectivity index (χ0) is 13.5. The minimum absolute atomic E-state index is 0.591. The first-order valence-electron chi connectivity index (χ1n) is 6.27. The van der Waals surface area contributed by atoms with Crippen LogP contribution < -0.4 is 4.74 Å². The smallest absolute Gasteiger partial charge is 0.344 e. The lowest BCUT2D eigenvalue weighted by atomic mass is 10.2. The molecule has 100 valence electrons. The maximum atomic E-state index is 10.7. The van der Waals surface area contributed by atoms with Gasteiger partial charge in [-0.05, 0) is 37.7 Å². The Morgan fingerprint density at radius 1 is 1.28 bits per heavy atom. The van der Waals surface area contributed by atoms with E-state index in [9.17, 15) is 4.79 Å². The molecule has 1 aromatic rings. The number of carbonyl (C=O) groups is 1. The highest BCUT2D eigenvalue weighted by atomic mass is 16.5. The Hall–Kier alpha value is -1.55. The van der Waals surface area contributed by atoms with Crippen LogP contribution in [0.2, 0.25) is 0 Å². The lowest BCUT2D eigenvalue weighted by Crippen LogP contribution is -2.23. The summed E-state index contributed by atoms with van der Waals surface area (Å²) in [7, 11) is 0. The third kappa shape index (κ3) is 4.37. The Labute approximate surface area is 108 Å². The maximum absolute atomic E-state index is 10.7. The zero-order valence-corrected chi connectivity index (χ0v) is 11.2. The number of benzene rings is 1. The molecule has 0 amide bonds. The predicted octanol–water partition coefficient (Wildman–Crippen LogP) is 2.38. The summed E-state index contributed by atoms with van der Waals surface area (Å²) in [6, 6.07) is 7.58. The summed E-state index contributed by atoms with van der Waals surface area (Å²) in [4.78, 5) is 13.0. The normalized spacial score (nSPS) is 12.4. The predicted molar refractivity (Wildman–Crippen MR) is 70.8 cm³/mol. The van der Waals surface area contributed by atoms with E-state index in [1.165, 1.54) is 12.5 Å². The molecule has 4 heteroatoms. The number of hydrogen-bond donors (Lipinski definition) is 1. The van der Waals surface area contributed by atoms with Gasteiger partial charge in [0, 0.05) is 6.54 Å². The van der Waals surface area contributed by atoms with E-state index in [1.54, 1.807) is 0 Å². The molecular weight excluding hydrogens is 230 g/mol. The summed E-state index contributed by atoms with van der Waals surface area (Å²) >= 11 is 0.